The van der Waals surface area contributed by atoms with E-state index < -0.39 is 12.0 Å². The number of likely N-dealkylation sites (tertiary alicyclic amines) is 1. The predicted molar refractivity (Wildman–Crippen MR) is 62.1 cm³/mol. The van der Waals surface area contributed by atoms with Gasteiger partial charge < -0.3 is 19.7 Å². The van der Waals surface area contributed by atoms with Crippen LogP contribution >= 0.6 is 0 Å². The Hall–Kier alpha value is -1.11. The van der Waals surface area contributed by atoms with Crippen LogP contribution in [0.4, 0.5) is 0 Å². The van der Waals surface area contributed by atoms with E-state index in [1.807, 2.05) is 0 Å². The summed E-state index contributed by atoms with van der Waals surface area (Å²) in [7, 11) is 0. The summed E-state index contributed by atoms with van der Waals surface area (Å²) in [5.74, 6) is -1.89. The maximum absolute atomic E-state index is 12.1. The molecule has 2 amide bonds. The topological polar surface area (TPSA) is 80.8 Å². The van der Waals surface area contributed by atoms with Gasteiger partial charge in [0.25, 0.3) is 5.91 Å². The third-order valence-electron chi connectivity index (χ3n) is 4.27. The molecule has 3 heterocycles. The molecule has 3 atom stereocenters. The van der Waals surface area contributed by atoms with E-state index in [9.17, 15) is 19.5 Å². The molecule has 0 aromatic carbocycles. The van der Waals surface area contributed by atoms with Gasteiger partial charge in [0.1, 0.15) is 6.04 Å². The summed E-state index contributed by atoms with van der Waals surface area (Å²) >= 11 is 0. The van der Waals surface area contributed by atoms with Crippen molar-refractivity contribution >= 4 is 17.8 Å². The maximum atomic E-state index is 12.1. The Morgan fingerprint density at radius 2 is 2.10 bits per heavy atom. The van der Waals surface area contributed by atoms with Crippen LogP contribution < -0.4 is 34.7 Å². The molecule has 3 rings (SSSR count). The molecule has 2 fully saturated rings. The van der Waals surface area contributed by atoms with Gasteiger partial charge in [-0.3, -0.25) is 9.59 Å². The number of nitrogens with zero attached hydrogens (tertiary/aromatic N) is 2. The maximum Gasteiger partial charge on any atom is 1.00 e. The van der Waals surface area contributed by atoms with E-state index >= 15 is 0 Å². The Bertz CT molecular complexity index is 557. The number of carboxylic acids is 1. The molecule has 3 aliphatic rings. The molecule has 6 nitrogen and oxygen atoms in total. The average Bonchev–Trinajstić information content (AvgIpc) is 2.69. The first kappa shape index (κ1) is 15.3. The van der Waals surface area contributed by atoms with Gasteiger partial charge in [-0.05, 0) is 12.0 Å². The van der Waals surface area contributed by atoms with Crippen LogP contribution in [0.1, 0.15) is 13.3 Å². The van der Waals surface area contributed by atoms with E-state index in [4.69, 9.17) is 0 Å². The van der Waals surface area contributed by atoms with Gasteiger partial charge in [0.05, 0.1) is 17.7 Å². The molecule has 100 valence electrons. The van der Waals surface area contributed by atoms with Crippen molar-refractivity contribution in [3.63, 3.8) is 0 Å². The number of piperidine rings is 1. The molecule has 2 saturated heterocycles. The van der Waals surface area contributed by atoms with Crippen LogP contribution in [0, 0.1) is 5.92 Å². The first-order chi connectivity index (χ1) is 8.99. The molecule has 0 N–H and O–H groups in total. The van der Waals surface area contributed by atoms with E-state index in [1.54, 1.807) is 0 Å². The van der Waals surface area contributed by atoms with Crippen molar-refractivity contribution in [1.82, 2.24) is 9.80 Å². The number of hydrogen-bond donors (Lipinski definition) is 0. The van der Waals surface area contributed by atoms with E-state index in [2.05, 4.69) is 6.58 Å². The Morgan fingerprint density at radius 3 is 2.60 bits per heavy atom. The molecule has 1 unspecified atom stereocenters. The molecule has 20 heavy (non-hydrogen) atoms. The summed E-state index contributed by atoms with van der Waals surface area (Å²) in [5.41, 5.74) is 0.487. The minimum Gasteiger partial charge on any atom is -0.543 e. The average molecular weight is 284 g/mol. The fourth-order valence-electron chi connectivity index (χ4n) is 3.53. The van der Waals surface area contributed by atoms with Gasteiger partial charge in [0, 0.05) is 19.4 Å². The number of allylic oxidation sites excluding steroid dienone is 1. The van der Waals surface area contributed by atoms with Crippen molar-refractivity contribution in [3.05, 3.63) is 23.9 Å². The van der Waals surface area contributed by atoms with Crippen molar-refractivity contribution in [3.8, 4) is 0 Å². The van der Waals surface area contributed by atoms with Crippen LogP contribution in [0.3, 0.4) is 0 Å². The van der Waals surface area contributed by atoms with Gasteiger partial charge in [0.15, 0.2) is 0 Å². The Labute approximate surface area is 138 Å². The Morgan fingerprint density at radius 1 is 1.45 bits per heavy atom. The van der Waals surface area contributed by atoms with Gasteiger partial charge in [0.2, 0.25) is 5.91 Å². The molecule has 0 radical (unpaired) electrons. The number of aliphatic carboxylic acids is 1. The third kappa shape index (κ3) is 1.71. The molecular formula is C13H13N2NaO4. The summed E-state index contributed by atoms with van der Waals surface area (Å²) in [6.45, 7) is 5.52. The normalized spacial score (nSPS) is 30.4. The summed E-state index contributed by atoms with van der Waals surface area (Å²) in [4.78, 5) is 37.7. The largest absolute Gasteiger partial charge is 1.00 e. The van der Waals surface area contributed by atoms with Gasteiger partial charge >= 0.3 is 29.6 Å². The second-order valence-corrected chi connectivity index (χ2v) is 5.05. The van der Waals surface area contributed by atoms with Gasteiger partial charge in [-0.25, -0.2) is 0 Å². The van der Waals surface area contributed by atoms with Gasteiger partial charge in [-0.1, -0.05) is 12.7 Å². The van der Waals surface area contributed by atoms with Gasteiger partial charge in [-0.15, -0.1) is 0 Å². The molecule has 0 bridgehead atoms. The zero-order valence-corrected chi connectivity index (χ0v) is 13.5. The summed E-state index contributed by atoms with van der Waals surface area (Å²) < 4.78 is 0. The van der Waals surface area contributed by atoms with Crippen molar-refractivity contribution in [2.45, 2.75) is 25.4 Å². The molecule has 0 saturated carbocycles. The van der Waals surface area contributed by atoms with Crippen molar-refractivity contribution in [2.75, 3.05) is 6.54 Å². The molecule has 0 aromatic heterocycles. The number of carbonyl (C=O) groups excluding carboxylic acids is 3. The molecule has 0 aromatic rings. The van der Waals surface area contributed by atoms with Crippen molar-refractivity contribution < 1.29 is 49.0 Å². The second-order valence-electron chi connectivity index (χ2n) is 5.05. The van der Waals surface area contributed by atoms with Crippen LogP contribution in [0.5, 0.6) is 0 Å². The zero-order valence-electron chi connectivity index (χ0n) is 11.5. The van der Waals surface area contributed by atoms with Crippen LogP contribution in [-0.4, -0.2) is 46.2 Å². The number of carboxylic acid groups (broad SMARTS) is 1. The minimum atomic E-state index is -1.36. The summed E-state index contributed by atoms with van der Waals surface area (Å²) in [6.07, 6.45) is 2.13. The van der Waals surface area contributed by atoms with Crippen LogP contribution in [0.2, 0.25) is 0 Å². The monoisotopic (exact) mass is 284 g/mol. The third-order valence-corrected chi connectivity index (χ3v) is 4.27. The van der Waals surface area contributed by atoms with E-state index in [0.717, 1.165) is 0 Å². The van der Waals surface area contributed by atoms with Crippen LogP contribution in [-0.2, 0) is 14.4 Å². The van der Waals surface area contributed by atoms with Crippen LogP contribution in [0.25, 0.3) is 0 Å². The fourth-order valence-corrected chi connectivity index (χ4v) is 3.53. The first-order valence-electron chi connectivity index (χ1n) is 6.17. The van der Waals surface area contributed by atoms with Crippen molar-refractivity contribution in [2.24, 2.45) is 5.92 Å². The van der Waals surface area contributed by atoms with E-state index in [-0.39, 0.29) is 59.0 Å². The molecule has 0 aliphatic carbocycles. The smallest absolute Gasteiger partial charge is 0.543 e. The number of hydrogen-bond acceptors (Lipinski definition) is 4. The van der Waals surface area contributed by atoms with Crippen LogP contribution in [0.15, 0.2) is 23.9 Å². The first-order valence-corrected chi connectivity index (χ1v) is 6.17. The molecular weight excluding hydrogens is 271 g/mol. The quantitative estimate of drug-likeness (QED) is 0.379. The number of carbonyl (C=O) groups is 3. The molecule has 3 aliphatic heterocycles. The summed E-state index contributed by atoms with van der Waals surface area (Å²) in [6, 6.07) is -0.783. The standard InChI is InChI=1S/C13H14N2O4.Na/c1-3-7-8-4-5-14(6(2)16)11-9(8)15(12(11)17)10(7)13(18)19;/h3,8-9,11H,1,4-5H2,2H3,(H,18,19);/q;+1/p-1/t8?,9-,11+;/m1./s1. The Balaban J connectivity index is 0.00000147. The van der Waals surface area contributed by atoms with Gasteiger partial charge in [-0.2, -0.15) is 0 Å². The summed E-state index contributed by atoms with van der Waals surface area (Å²) in [5, 5.41) is 11.2. The molecule has 0 spiro atoms. The number of amides is 2. The minimum absolute atomic E-state index is 0. The number of rotatable bonds is 2. The van der Waals surface area contributed by atoms with E-state index in [0.29, 0.717) is 18.5 Å². The fraction of sp³-hybridized carbons (Fsp3) is 0.462. The predicted octanol–water partition coefficient (Wildman–Crippen LogP) is -4.36. The van der Waals surface area contributed by atoms with Crippen molar-refractivity contribution in [1.29, 1.82) is 0 Å². The molecule has 7 heteroatoms. The zero-order chi connectivity index (χ0) is 13.9. The SMILES string of the molecule is C=CC1=C(C(=O)[O-])N2C(=O)[C@@H]3[C@H]2C1CCN3C(C)=O.[Na+]. The van der Waals surface area contributed by atoms with E-state index in [1.165, 1.54) is 22.8 Å². The number of β-lactam (4-membered cyclic amide) rings is 1. The Kier molecular flexibility index (Phi) is 3.83. The second kappa shape index (κ2) is 5.02.